The second kappa shape index (κ2) is 9.13. The second-order valence-corrected chi connectivity index (χ2v) is 9.78. The Morgan fingerprint density at radius 2 is 1.97 bits per heavy atom. The van der Waals surface area contributed by atoms with Crippen LogP contribution in [0.4, 0.5) is 0 Å². The van der Waals surface area contributed by atoms with Gasteiger partial charge in [-0.15, -0.1) is 0 Å². The van der Waals surface area contributed by atoms with Crippen LogP contribution in [0.3, 0.4) is 0 Å². The number of sulfonamides is 1. The van der Waals surface area contributed by atoms with Gasteiger partial charge >= 0.3 is 0 Å². The molecule has 0 saturated carbocycles. The maximum atomic E-state index is 13.1. The molecule has 1 amide bonds. The van der Waals surface area contributed by atoms with Crippen LogP contribution in [0.1, 0.15) is 42.0 Å². The zero-order valence-electron chi connectivity index (χ0n) is 17.9. The van der Waals surface area contributed by atoms with Crippen molar-refractivity contribution in [1.82, 2.24) is 24.4 Å². The lowest BCUT2D eigenvalue weighted by Crippen LogP contribution is -2.37. The summed E-state index contributed by atoms with van der Waals surface area (Å²) in [6.45, 7) is 9.43. The highest BCUT2D eigenvalue weighted by Gasteiger charge is 2.32. The third-order valence-corrected chi connectivity index (χ3v) is 7.11. The van der Waals surface area contributed by atoms with Gasteiger partial charge in [0.2, 0.25) is 15.9 Å². The van der Waals surface area contributed by atoms with Crippen LogP contribution in [-0.4, -0.2) is 71.5 Å². The molecule has 3 heterocycles. The monoisotopic (exact) mass is 435 g/mol. The van der Waals surface area contributed by atoms with E-state index in [4.69, 9.17) is 4.74 Å². The molecule has 0 unspecified atom stereocenters. The largest absolute Gasteiger partial charge is 0.477 e. The first-order valence-corrected chi connectivity index (χ1v) is 11.5. The number of carbonyl (C=O) groups is 1. The maximum Gasteiger partial charge on any atom is 0.255 e. The highest BCUT2D eigenvalue weighted by atomic mass is 32.2. The van der Waals surface area contributed by atoms with Gasteiger partial charge in [0.25, 0.3) is 5.91 Å². The number of carbonyl (C=O) groups excluding carboxylic acids is 1. The van der Waals surface area contributed by atoms with E-state index in [-0.39, 0.29) is 17.3 Å². The van der Waals surface area contributed by atoms with Gasteiger partial charge in [0, 0.05) is 38.4 Å². The van der Waals surface area contributed by atoms with Crippen LogP contribution in [0.2, 0.25) is 0 Å². The molecule has 0 aromatic carbocycles. The van der Waals surface area contributed by atoms with Crippen molar-refractivity contribution in [3.05, 3.63) is 35.3 Å². The number of aryl methyl sites for hydroxylation is 2. The molecule has 0 atom stereocenters. The number of nitrogens with zero attached hydrogens (tertiary/aromatic N) is 4. The van der Waals surface area contributed by atoms with Crippen molar-refractivity contribution in [2.75, 3.05) is 32.8 Å². The number of amides is 1. The van der Waals surface area contributed by atoms with E-state index in [0.29, 0.717) is 61.4 Å². The number of pyridine rings is 1. The van der Waals surface area contributed by atoms with Crippen molar-refractivity contribution in [1.29, 1.82) is 0 Å². The summed E-state index contributed by atoms with van der Waals surface area (Å²) >= 11 is 0. The van der Waals surface area contributed by atoms with E-state index in [1.54, 1.807) is 30.9 Å². The van der Waals surface area contributed by atoms with Gasteiger partial charge in [-0.2, -0.15) is 9.40 Å². The number of hydrogen-bond donors (Lipinski definition) is 1. The lowest BCUT2D eigenvalue weighted by atomic mass is 10.2. The summed E-state index contributed by atoms with van der Waals surface area (Å²) in [6.07, 6.45) is 2.07. The standard InChI is InChI=1S/C20H29N5O4S/c1-14(2)13-29-18-7-6-17(12-21-18)20(26)24-8-5-9-25(11-10-24)30(27,28)19-15(3)22-23-16(19)4/h6-7,12,14H,5,8-11,13H2,1-4H3,(H,22,23). The molecule has 2 aromatic rings. The van der Waals surface area contributed by atoms with E-state index >= 15 is 0 Å². The van der Waals surface area contributed by atoms with Crippen molar-refractivity contribution in [2.45, 2.75) is 39.0 Å². The number of hydrogen-bond acceptors (Lipinski definition) is 6. The predicted octanol–water partition coefficient (Wildman–Crippen LogP) is 1.99. The first-order chi connectivity index (χ1) is 14.2. The number of nitrogens with one attached hydrogen (secondary N) is 1. The first-order valence-electron chi connectivity index (χ1n) is 10.1. The molecule has 10 heteroatoms. The molecule has 1 fully saturated rings. The Bertz CT molecular complexity index is 966. The Morgan fingerprint density at radius 1 is 1.20 bits per heavy atom. The van der Waals surface area contributed by atoms with Crippen LogP contribution >= 0.6 is 0 Å². The van der Waals surface area contributed by atoms with Gasteiger partial charge in [0.1, 0.15) is 4.90 Å². The molecule has 0 radical (unpaired) electrons. The van der Waals surface area contributed by atoms with Crippen LogP contribution < -0.4 is 4.74 Å². The molecule has 0 aliphatic carbocycles. The zero-order chi connectivity index (χ0) is 21.9. The van der Waals surface area contributed by atoms with Crippen LogP contribution in [0.5, 0.6) is 5.88 Å². The molecule has 2 aromatic heterocycles. The molecule has 1 aliphatic heterocycles. The van der Waals surface area contributed by atoms with E-state index in [1.165, 1.54) is 10.5 Å². The van der Waals surface area contributed by atoms with Gasteiger partial charge in [0.05, 0.1) is 23.6 Å². The normalized spacial score (nSPS) is 16.0. The van der Waals surface area contributed by atoms with Crippen molar-refractivity contribution in [2.24, 2.45) is 5.92 Å². The number of rotatable bonds is 6. The lowest BCUT2D eigenvalue weighted by Gasteiger charge is -2.22. The van der Waals surface area contributed by atoms with Crippen LogP contribution in [0.15, 0.2) is 23.2 Å². The summed E-state index contributed by atoms with van der Waals surface area (Å²) in [4.78, 5) is 19.0. The molecule has 3 rings (SSSR count). The number of ether oxygens (including phenoxy) is 1. The Hall–Kier alpha value is -2.46. The Morgan fingerprint density at radius 3 is 2.57 bits per heavy atom. The van der Waals surface area contributed by atoms with Crippen molar-refractivity contribution in [3.63, 3.8) is 0 Å². The number of aromatic nitrogens is 3. The van der Waals surface area contributed by atoms with E-state index in [9.17, 15) is 13.2 Å². The maximum absolute atomic E-state index is 13.1. The van der Waals surface area contributed by atoms with Gasteiger partial charge in [-0.05, 0) is 32.3 Å². The van der Waals surface area contributed by atoms with E-state index < -0.39 is 10.0 Å². The van der Waals surface area contributed by atoms with Crippen molar-refractivity contribution in [3.8, 4) is 5.88 Å². The second-order valence-electron chi connectivity index (χ2n) is 7.90. The summed E-state index contributed by atoms with van der Waals surface area (Å²) in [5.41, 5.74) is 1.44. The number of H-pyrrole nitrogens is 1. The van der Waals surface area contributed by atoms with Crippen LogP contribution in [-0.2, 0) is 10.0 Å². The molecule has 0 spiro atoms. The molecule has 0 bridgehead atoms. The molecular formula is C20H29N5O4S. The summed E-state index contributed by atoms with van der Waals surface area (Å²) < 4.78 is 33.1. The van der Waals surface area contributed by atoms with Gasteiger partial charge in [-0.1, -0.05) is 13.8 Å². The summed E-state index contributed by atoms with van der Waals surface area (Å²) in [5, 5.41) is 6.73. The predicted molar refractivity (Wildman–Crippen MR) is 112 cm³/mol. The molecule has 1 saturated heterocycles. The molecule has 9 nitrogen and oxygen atoms in total. The lowest BCUT2D eigenvalue weighted by molar-refractivity contribution is 0.0763. The van der Waals surface area contributed by atoms with Gasteiger partial charge in [-0.3, -0.25) is 9.89 Å². The molecule has 30 heavy (non-hydrogen) atoms. The van der Waals surface area contributed by atoms with Crippen LogP contribution in [0, 0.1) is 19.8 Å². The smallest absolute Gasteiger partial charge is 0.255 e. The average Bonchev–Trinajstić information content (AvgIpc) is 2.91. The molecule has 164 valence electrons. The third kappa shape index (κ3) is 4.81. The highest BCUT2D eigenvalue weighted by molar-refractivity contribution is 7.89. The third-order valence-electron chi connectivity index (χ3n) is 4.95. The van der Waals surface area contributed by atoms with Gasteiger partial charge in [0.15, 0.2) is 0 Å². The Kier molecular flexibility index (Phi) is 6.77. The highest BCUT2D eigenvalue weighted by Crippen LogP contribution is 2.23. The molecule has 1 aliphatic rings. The van der Waals surface area contributed by atoms with Crippen molar-refractivity contribution < 1.29 is 17.9 Å². The van der Waals surface area contributed by atoms with Gasteiger partial charge < -0.3 is 9.64 Å². The van der Waals surface area contributed by atoms with Gasteiger partial charge in [-0.25, -0.2) is 13.4 Å². The summed E-state index contributed by atoms with van der Waals surface area (Å²) in [7, 11) is -3.66. The summed E-state index contributed by atoms with van der Waals surface area (Å²) in [6, 6.07) is 3.39. The fraction of sp³-hybridized carbons (Fsp3) is 0.550. The topological polar surface area (TPSA) is 108 Å². The molecular weight excluding hydrogens is 406 g/mol. The minimum absolute atomic E-state index is 0.159. The van der Waals surface area contributed by atoms with E-state index in [0.717, 1.165) is 0 Å². The van der Waals surface area contributed by atoms with Crippen LogP contribution in [0.25, 0.3) is 0 Å². The van der Waals surface area contributed by atoms with Crippen molar-refractivity contribution >= 4 is 15.9 Å². The van der Waals surface area contributed by atoms with E-state index in [2.05, 4.69) is 29.0 Å². The minimum Gasteiger partial charge on any atom is -0.477 e. The fourth-order valence-electron chi connectivity index (χ4n) is 3.41. The Balaban J connectivity index is 1.67. The molecule has 1 N–H and O–H groups in total. The average molecular weight is 436 g/mol. The number of aromatic amines is 1. The minimum atomic E-state index is -3.66. The summed E-state index contributed by atoms with van der Waals surface area (Å²) in [5.74, 6) is 0.714. The van der Waals surface area contributed by atoms with E-state index in [1.807, 2.05) is 0 Å². The fourth-order valence-corrected chi connectivity index (χ4v) is 5.22. The SMILES string of the molecule is Cc1n[nH]c(C)c1S(=O)(=O)N1CCCN(C(=O)c2ccc(OCC(C)C)nc2)CC1. The zero-order valence-corrected chi connectivity index (χ0v) is 18.7. The quantitative estimate of drug-likeness (QED) is 0.743. The first kappa shape index (κ1) is 22.2. The Labute approximate surface area is 177 Å².